The summed E-state index contributed by atoms with van der Waals surface area (Å²) in [5.74, 6) is -0.171. The van der Waals surface area contributed by atoms with Gasteiger partial charge in [-0.15, -0.1) is 0 Å². The predicted molar refractivity (Wildman–Crippen MR) is 134 cm³/mol. The summed E-state index contributed by atoms with van der Waals surface area (Å²) in [6.45, 7) is 6.04. The smallest absolute Gasteiger partial charge is 0.408 e. The number of piperidine rings is 1. The van der Waals surface area contributed by atoms with Gasteiger partial charge in [-0.05, 0) is 82.1 Å². The maximum absolute atomic E-state index is 13.7. The van der Waals surface area contributed by atoms with Crippen molar-refractivity contribution < 1.29 is 23.5 Å². The maximum Gasteiger partial charge on any atom is 0.408 e. The third kappa shape index (κ3) is 4.31. The Morgan fingerprint density at radius 2 is 2.03 bits per heavy atom. The van der Waals surface area contributed by atoms with Crippen LogP contribution in [0.4, 0.5) is 9.18 Å². The molecule has 3 aliphatic heterocycles. The SMILES string of the molecule is CC(C)(C)OC(=O)NC(CN1C[C@@H]2CC1C(=O)N2[C@H]1CCc2cc(F)ccc21)C(=O)N1C(C#N)C[C@@H]2C[C@@H]21. The van der Waals surface area contributed by atoms with Crippen LogP contribution in [-0.2, 0) is 20.7 Å². The minimum Gasteiger partial charge on any atom is -0.444 e. The number of nitrogens with zero attached hydrogens (tertiary/aromatic N) is 4. The van der Waals surface area contributed by atoms with Gasteiger partial charge in [0, 0.05) is 25.2 Å². The molecule has 1 aromatic rings. The summed E-state index contributed by atoms with van der Waals surface area (Å²) in [4.78, 5) is 45.6. The van der Waals surface area contributed by atoms with Gasteiger partial charge in [0.1, 0.15) is 23.5 Å². The van der Waals surface area contributed by atoms with E-state index in [0.717, 1.165) is 30.4 Å². The highest BCUT2D eigenvalue weighted by atomic mass is 19.1. The first-order valence-electron chi connectivity index (χ1n) is 13.6. The number of carbonyl (C=O) groups excluding carboxylic acids is 3. The van der Waals surface area contributed by atoms with Crippen molar-refractivity contribution in [3.63, 3.8) is 0 Å². The van der Waals surface area contributed by atoms with Crippen LogP contribution in [0.3, 0.4) is 0 Å². The van der Waals surface area contributed by atoms with E-state index in [2.05, 4.69) is 11.4 Å². The molecule has 7 atom stereocenters. The van der Waals surface area contributed by atoms with Gasteiger partial charge in [0.05, 0.1) is 18.2 Å². The molecule has 3 saturated heterocycles. The second-order valence-electron chi connectivity index (χ2n) is 12.4. The van der Waals surface area contributed by atoms with Gasteiger partial charge in [-0.3, -0.25) is 14.5 Å². The zero-order valence-corrected chi connectivity index (χ0v) is 22.0. The van der Waals surface area contributed by atoms with Crippen molar-refractivity contribution in [2.24, 2.45) is 5.92 Å². The van der Waals surface area contributed by atoms with Crippen molar-refractivity contribution in [3.05, 3.63) is 35.1 Å². The zero-order valence-electron chi connectivity index (χ0n) is 22.0. The Morgan fingerprint density at radius 3 is 2.74 bits per heavy atom. The molecule has 2 bridgehead atoms. The Labute approximate surface area is 221 Å². The lowest BCUT2D eigenvalue weighted by atomic mass is 10.1. The standard InChI is InChI=1S/C28H34FN5O4/c1-28(2,3)38-27(37)31-21(25(35)33-18(12-30)9-16-10-23(16)33)14-32-13-19-11-24(32)26(36)34(19)22-7-4-15-8-17(29)5-6-20(15)22/h5-6,8,16,18-19,21-24H,4,7,9-11,13-14H2,1-3H3,(H,31,37)/t16-,18?,19+,21?,22+,23+,24?/m1/s1. The second-order valence-corrected chi connectivity index (χ2v) is 12.4. The molecule has 3 amide bonds. The number of hydrogen-bond acceptors (Lipinski definition) is 6. The number of nitrogens with one attached hydrogen (secondary N) is 1. The van der Waals surface area contributed by atoms with Crippen molar-refractivity contribution >= 4 is 17.9 Å². The molecule has 5 aliphatic rings. The summed E-state index contributed by atoms with van der Waals surface area (Å²) in [5.41, 5.74) is 1.26. The van der Waals surface area contributed by atoms with E-state index in [9.17, 15) is 24.0 Å². The molecule has 10 heteroatoms. The molecule has 1 aromatic carbocycles. The lowest BCUT2D eigenvalue weighted by Crippen LogP contribution is -2.59. The van der Waals surface area contributed by atoms with Gasteiger partial charge >= 0.3 is 6.09 Å². The molecule has 0 aromatic heterocycles. The molecule has 2 aliphatic carbocycles. The van der Waals surface area contributed by atoms with Gasteiger partial charge in [0.25, 0.3) is 0 Å². The number of carbonyl (C=O) groups is 3. The predicted octanol–water partition coefficient (Wildman–Crippen LogP) is 2.50. The van der Waals surface area contributed by atoms with E-state index < -0.39 is 23.8 Å². The summed E-state index contributed by atoms with van der Waals surface area (Å²) < 4.78 is 19.2. The molecule has 1 N–H and O–H groups in total. The molecule has 202 valence electrons. The summed E-state index contributed by atoms with van der Waals surface area (Å²) in [6, 6.07) is 5.27. The Hall–Kier alpha value is -3.19. The number of amides is 3. The lowest BCUT2D eigenvalue weighted by Gasteiger charge is -2.39. The molecule has 0 spiro atoms. The van der Waals surface area contributed by atoms with Gasteiger partial charge in [0.2, 0.25) is 11.8 Å². The number of likely N-dealkylation sites (tertiary alicyclic amines) is 3. The summed E-state index contributed by atoms with van der Waals surface area (Å²) in [7, 11) is 0. The first-order valence-corrected chi connectivity index (χ1v) is 13.6. The first kappa shape index (κ1) is 25.1. The van der Waals surface area contributed by atoms with E-state index in [4.69, 9.17) is 4.74 Å². The number of nitriles is 1. The Bertz CT molecular complexity index is 1220. The number of halogens is 1. The Balaban J connectivity index is 1.18. The fourth-order valence-corrected chi connectivity index (χ4v) is 7.09. The number of piperazine rings is 1. The summed E-state index contributed by atoms with van der Waals surface area (Å²) >= 11 is 0. The molecule has 0 radical (unpaired) electrons. The highest BCUT2D eigenvalue weighted by Crippen LogP contribution is 2.48. The number of rotatable bonds is 5. The Kier molecular flexibility index (Phi) is 5.91. The van der Waals surface area contributed by atoms with Gasteiger partial charge in [-0.1, -0.05) is 6.07 Å². The van der Waals surface area contributed by atoms with Crippen LogP contribution in [-0.4, -0.2) is 81.5 Å². The average molecular weight is 524 g/mol. The van der Waals surface area contributed by atoms with Crippen molar-refractivity contribution in [2.45, 2.75) is 94.7 Å². The van der Waals surface area contributed by atoms with E-state index in [0.29, 0.717) is 25.3 Å². The van der Waals surface area contributed by atoms with Crippen LogP contribution in [0, 0.1) is 23.1 Å². The van der Waals surface area contributed by atoms with Crippen LogP contribution < -0.4 is 5.32 Å². The van der Waals surface area contributed by atoms with E-state index >= 15 is 0 Å². The number of hydrogen-bond donors (Lipinski definition) is 1. The molecule has 3 unspecified atom stereocenters. The molecule has 6 rings (SSSR count). The highest BCUT2D eigenvalue weighted by molar-refractivity contribution is 5.89. The average Bonchev–Trinajstić information content (AvgIpc) is 3.17. The molecule has 9 nitrogen and oxygen atoms in total. The van der Waals surface area contributed by atoms with Gasteiger partial charge in [-0.2, -0.15) is 5.26 Å². The Morgan fingerprint density at radius 1 is 1.24 bits per heavy atom. The number of ether oxygens (including phenoxy) is 1. The largest absolute Gasteiger partial charge is 0.444 e. The van der Waals surface area contributed by atoms with Crippen LogP contribution in [0.1, 0.15) is 63.6 Å². The zero-order chi connectivity index (χ0) is 26.9. The van der Waals surface area contributed by atoms with Crippen molar-refractivity contribution in [2.75, 3.05) is 13.1 Å². The summed E-state index contributed by atoms with van der Waals surface area (Å²) in [6.07, 6.45) is 3.05. The lowest BCUT2D eigenvalue weighted by molar-refractivity contribution is -0.141. The third-order valence-electron chi connectivity index (χ3n) is 8.72. The number of fused-ring (bicyclic) bond motifs is 4. The number of aryl methyl sites for hydroxylation is 1. The van der Waals surface area contributed by atoms with E-state index in [1.165, 1.54) is 6.07 Å². The van der Waals surface area contributed by atoms with Crippen LogP contribution in [0.25, 0.3) is 0 Å². The van der Waals surface area contributed by atoms with Crippen LogP contribution >= 0.6 is 0 Å². The van der Waals surface area contributed by atoms with Crippen molar-refractivity contribution in [3.8, 4) is 6.07 Å². The topological polar surface area (TPSA) is 106 Å². The van der Waals surface area contributed by atoms with Crippen LogP contribution in [0.15, 0.2) is 18.2 Å². The molecular weight excluding hydrogens is 489 g/mol. The van der Waals surface area contributed by atoms with Gasteiger partial charge < -0.3 is 19.9 Å². The first-order chi connectivity index (χ1) is 18.0. The molecule has 38 heavy (non-hydrogen) atoms. The fourth-order valence-electron chi connectivity index (χ4n) is 7.09. The molecule has 3 heterocycles. The van der Waals surface area contributed by atoms with E-state index in [1.807, 2.05) is 9.80 Å². The minimum absolute atomic E-state index is 0.00256. The number of alkyl carbamates (subject to hydrolysis) is 1. The second kappa shape index (κ2) is 8.94. The molecular formula is C28H34FN5O4. The molecule has 1 saturated carbocycles. The monoisotopic (exact) mass is 523 g/mol. The number of benzene rings is 1. The van der Waals surface area contributed by atoms with Gasteiger partial charge in [0.15, 0.2) is 0 Å². The minimum atomic E-state index is -0.921. The van der Waals surface area contributed by atoms with E-state index in [-0.39, 0.29) is 48.3 Å². The normalized spacial score (nSPS) is 32.1. The third-order valence-corrected chi connectivity index (χ3v) is 8.72. The van der Waals surface area contributed by atoms with Gasteiger partial charge in [-0.25, -0.2) is 9.18 Å². The van der Waals surface area contributed by atoms with Crippen LogP contribution in [0.5, 0.6) is 0 Å². The van der Waals surface area contributed by atoms with Crippen molar-refractivity contribution in [1.82, 2.24) is 20.0 Å². The quantitative estimate of drug-likeness (QED) is 0.636. The van der Waals surface area contributed by atoms with Crippen molar-refractivity contribution in [1.29, 1.82) is 5.26 Å². The highest BCUT2D eigenvalue weighted by Gasteiger charge is 2.57. The maximum atomic E-state index is 13.7. The molecule has 4 fully saturated rings. The fraction of sp³-hybridized carbons (Fsp3) is 0.643. The summed E-state index contributed by atoms with van der Waals surface area (Å²) in [5, 5.41) is 12.4. The van der Waals surface area contributed by atoms with E-state index in [1.54, 1.807) is 37.8 Å². The van der Waals surface area contributed by atoms with Crippen LogP contribution in [0.2, 0.25) is 0 Å².